The molecule has 0 atom stereocenters. The quantitative estimate of drug-likeness (QED) is 0.430. The lowest BCUT2D eigenvalue weighted by Crippen LogP contribution is -2.18. The minimum Gasteiger partial charge on any atom is -0.489 e. The molecule has 4 aromatic rings. The highest BCUT2D eigenvalue weighted by Gasteiger charge is 2.20. The molecule has 2 amide bonds. The van der Waals surface area contributed by atoms with Crippen molar-refractivity contribution < 1.29 is 18.7 Å². The third kappa shape index (κ3) is 4.87. The Balaban J connectivity index is 1.45. The number of para-hydroxylation sites is 1. The Morgan fingerprint density at radius 3 is 2.52 bits per heavy atom. The number of fused-ring (bicyclic) bond motifs is 1. The number of primary amides is 1. The predicted molar refractivity (Wildman–Crippen MR) is 119 cm³/mol. The highest BCUT2D eigenvalue weighted by Crippen LogP contribution is 2.30. The van der Waals surface area contributed by atoms with Gasteiger partial charge in [0, 0.05) is 10.4 Å². The van der Waals surface area contributed by atoms with Crippen molar-refractivity contribution in [3.05, 3.63) is 94.7 Å². The Morgan fingerprint density at radius 2 is 1.74 bits per heavy atom. The van der Waals surface area contributed by atoms with E-state index in [4.69, 9.17) is 26.5 Å². The van der Waals surface area contributed by atoms with Gasteiger partial charge in [0.05, 0.1) is 6.42 Å². The SMILES string of the molecule is NC(=O)c1oc2ccccc2c1NC(=O)Cc1cccc(OCc2ccc(Cl)cc2)c1. The molecule has 7 heteroatoms. The third-order valence-corrected chi connectivity index (χ3v) is 4.92. The van der Waals surface area contributed by atoms with Crippen LogP contribution in [0.3, 0.4) is 0 Å². The van der Waals surface area contributed by atoms with Crippen LogP contribution in [-0.2, 0) is 17.8 Å². The summed E-state index contributed by atoms with van der Waals surface area (Å²) in [6.45, 7) is 0.385. The van der Waals surface area contributed by atoms with Crippen LogP contribution in [-0.4, -0.2) is 11.8 Å². The van der Waals surface area contributed by atoms with Crippen LogP contribution in [0, 0.1) is 0 Å². The Kier molecular flexibility index (Phi) is 5.91. The summed E-state index contributed by atoms with van der Waals surface area (Å²) in [5.41, 5.74) is 7.91. The topological polar surface area (TPSA) is 94.6 Å². The number of carbonyl (C=O) groups is 2. The Labute approximate surface area is 183 Å². The van der Waals surface area contributed by atoms with Gasteiger partial charge >= 0.3 is 0 Å². The fraction of sp³-hybridized carbons (Fsp3) is 0.0833. The highest BCUT2D eigenvalue weighted by molar-refractivity contribution is 6.30. The second kappa shape index (κ2) is 8.93. The lowest BCUT2D eigenvalue weighted by atomic mass is 10.1. The van der Waals surface area contributed by atoms with E-state index in [0.717, 1.165) is 11.1 Å². The maximum Gasteiger partial charge on any atom is 0.286 e. The van der Waals surface area contributed by atoms with E-state index in [1.54, 1.807) is 42.5 Å². The predicted octanol–water partition coefficient (Wildman–Crippen LogP) is 4.95. The van der Waals surface area contributed by atoms with Gasteiger partial charge in [-0.1, -0.05) is 48.0 Å². The number of benzene rings is 3. The molecule has 3 N–H and O–H groups in total. The standard InChI is InChI=1S/C24H19ClN2O4/c25-17-10-8-15(9-11-17)14-30-18-5-3-4-16(12-18)13-21(28)27-22-19-6-1-2-7-20(19)31-23(22)24(26)29/h1-12H,13-14H2,(H2,26,29)(H,27,28). The van der Waals surface area contributed by atoms with Gasteiger partial charge in [-0.15, -0.1) is 0 Å². The molecule has 1 aromatic heterocycles. The molecule has 0 aliphatic heterocycles. The maximum absolute atomic E-state index is 12.7. The van der Waals surface area contributed by atoms with Gasteiger partial charge < -0.3 is 20.2 Å². The van der Waals surface area contributed by atoms with Crippen LogP contribution in [0.4, 0.5) is 5.69 Å². The summed E-state index contributed by atoms with van der Waals surface area (Å²) in [6.07, 6.45) is 0.0931. The monoisotopic (exact) mass is 434 g/mol. The summed E-state index contributed by atoms with van der Waals surface area (Å²) >= 11 is 5.90. The molecule has 1 heterocycles. The first-order valence-corrected chi connectivity index (χ1v) is 9.95. The average molecular weight is 435 g/mol. The molecule has 4 rings (SSSR count). The van der Waals surface area contributed by atoms with Crippen molar-refractivity contribution in [2.45, 2.75) is 13.0 Å². The van der Waals surface area contributed by atoms with Crippen molar-refractivity contribution in [1.29, 1.82) is 0 Å². The zero-order valence-electron chi connectivity index (χ0n) is 16.4. The van der Waals surface area contributed by atoms with Gasteiger partial charge in [0.15, 0.2) is 0 Å². The molecule has 0 bridgehead atoms. The molecular formula is C24H19ClN2O4. The largest absolute Gasteiger partial charge is 0.489 e. The smallest absolute Gasteiger partial charge is 0.286 e. The van der Waals surface area contributed by atoms with Crippen molar-refractivity contribution in [3.63, 3.8) is 0 Å². The fourth-order valence-corrected chi connectivity index (χ4v) is 3.33. The van der Waals surface area contributed by atoms with Crippen LogP contribution in [0.2, 0.25) is 5.02 Å². The van der Waals surface area contributed by atoms with Crippen LogP contribution in [0.5, 0.6) is 5.75 Å². The first kappa shape index (κ1) is 20.5. The molecule has 0 aliphatic rings. The minimum atomic E-state index is -0.746. The molecule has 31 heavy (non-hydrogen) atoms. The van der Waals surface area contributed by atoms with E-state index in [1.807, 2.05) is 30.3 Å². The van der Waals surface area contributed by atoms with E-state index in [9.17, 15) is 9.59 Å². The number of hydrogen-bond acceptors (Lipinski definition) is 4. The third-order valence-electron chi connectivity index (χ3n) is 4.67. The Hall–Kier alpha value is -3.77. The zero-order valence-corrected chi connectivity index (χ0v) is 17.2. The van der Waals surface area contributed by atoms with Gasteiger partial charge in [-0.05, 0) is 47.5 Å². The number of halogens is 1. The van der Waals surface area contributed by atoms with Crippen molar-refractivity contribution in [3.8, 4) is 5.75 Å². The molecule has 0 saturated heterocycles. The molecule has 0 aliphatic carbocycles. The first-order chi connectivity index (χ1) is 15.0. The first-order valence-electron chi connectivity index (χ1n) is 9.57. The van der Waals surface area contributed by atoms with Gasteiger partial charge in [0.2, 0.25) is 11.7 Å². The van der Waals surface area contributed by atoms with E-state index >= 15 is 0 Å². The number of anilines is 1. The van der Waals surface area contributed by atoms with E-state index in [1.165, 1.54) is 0 Å². The molecular weight excluding hydrogens is 416 g/mol. The Bertz CT molecular complexity index is 1250. The summed E-state index contributed by atoms with van der Waals surface area (Å²) in [4.78, 5) is 24.4. The summed E-state index contributed by atoms with van der Waals surface area (Å²) in [5, 5.41) is 4.04. The molecule has 0 saturated carbocycles. The fourth-order valence-electron chi connectivity index (χ4n) is 3.20. The van der Waals surface area contributed by atoms with Gasteiger partial charge in [-0.3, -0.25) is 9.59 Å². The molecule has 0 unspecified atom stereocenters. The van der Waals surface area contributed by atoms with Gasteiger partial charge in [0.1, 0.15) is 23.6 Å². The van der Waals surface area contributed by atoms with E-state index < -0.39 is 5.91 Å². The second-order valence-electron chi connectivity index (χ2n) is 6.95. The summed E-state index contributed by atoms with van der Waals surface area (Å²) in [6, 6.07) is 21.7. The molecule has 0 spiro atoms. The van der Waals surface area contributed by atoms with Crippen LogP contribution >= 0.6 is 11.6 Å². The average Bonchev–Trinajstić information content (AvgIpc) is 3.12. The number of hydrogen-bond donors (Lipinski definition) is 2. The van der Waals surface area contributed by atoms with E-state index in [-0.39, 0.29) is 23.8 Å². The van der Waals surface area contributed by atoms with Gasteiger partial charge in [0.25, 0.3) is 5.91 Å². The number of carbonyl (C=O) groups excluding carboxylic acids is 2. The second-order valence-corrected chi connectivity index (χ2v) is 7.39. The number of rotatable bonds is 7. The zero-order chi connectivity index (χ0) is 21.8. The molecule has 3 aromatic carbocycles. The number of ether oxygens (including phenoxy) is 1. The van der Waals surface area contributed by atoms with Crippen molar-refractivity contribution in [2.75, 3.05) is 5.32 Å². The molecule has 0 radical (unpaired) electrons. The van der Waals surface area contributed by atoms with Gasteiger partial charge in [-0.2, -0.15) is 0 Å². The van der Waals surface area contributed by atoms with Crippen molar-refractivity contribution >= 4 is 40.1 Å². The summed E-state index contributed by atoms with van der Waals surface area (Å²) in [7, 11) is 0. The number of furan rings is 1. The lowest BCUT2D eigenvalue weighted by Gasteiger charge is -2.09. The van der Waals surface area contributed by atoms with Crippen LogP contribution in [0.1, 0.15) is 21.7 Å². The van der Waals surface area contributed by atoms with Crippen molar-refractivity contribution in [2.24, 2.45) is 5.73 Å². The van der Waals surface area contributed by atoms with Crippen LogP contribution < -0.4 is 15.8 Å². The summed E-state index contributed by atoms with van der Waals surface area (Å²) in [5.74, 6) is -0.477. The normalized spacial score (nSPS) is 10.7. The van der Waals surface area contributed by atoms with Crippen LogP contribution in [0.25, 0.3) is 11.0 Å². The number of nitrogens with two attached hydrogens (primary N) is 1. The van der Waals surface area contributed by atoms with E-state index in [2.05, 4.69) is 5.32 Å². The van der Waals surface area contributed by atoms with E-state index in [0.29, 0.717) is 28.3 Å². The van der Waals surface area contributed by atoms with Gasteiger partial charge in [-0.25, -0.2) is 0 Å². The number of amides is 2. The molecule has 6 nitrogen and oxygen atoms in total. The molecule has 156 valence electrons. The molecule has 0 fully saturated rings. The lowest BCUT2D eigenvalue weighted by molar-refractivity contribution is -0.115. The van der Waals surface area contributed by atoms with Crippen molar-refractivity contribution in [1.82, 2.24) is 0 Å². The van der Waals surface area contributed by atoms with Crippen LogP contribution in [0.15, 0.2) is 77.2 Å². The summed E-state index contributed by atoms with van der Waals surface area (Å²) < 4.78 is 11.3. The minimum absolute atomic E-state index is 0.0744. The number of nitrogens with one attached hydrogen (secondary N) is 1. The Morgan fingerprint density at radius 1 is 0.968 bits per heavy atom. The highest BCUT2D eigenvalue weighted by atomic mass is 35.5. The maximum atomic E-state index is 12.7.